The SMILES string of the molecule is CC#Cc1ccc(-c2c(O)n(C)n(Cc3ccccn3)c2=O)c(OC)c1. The molecule has 0 aliphatic heterocycles. The van der Waals surface area contributed by atoms with Crippen LogP contribution in [0.2, 0.25) is 0 Å². The second kappa shape index (κ2) is 7.19. The molecule has 0 amide bonds. The number of aromatic nitrogens is 3. The van der Waals surface area contributed by atoms with Crippen LogP contribution in [0.15, 0.2) is 47.4 Å². The van der Waals surface area contributed by atoms with Gasteiger partial charge >= 0.3 is 0 Å². The number of aromatic hydroxyl groups is 1. The lowest BCUT2D eigenvalue weighted by molar-refractivity contribution is 0.389. The molecule has 0 spiro atoms. The molecule has 132 valence electrons. The van der Waals surface area contributed by atoms with E-state index in [0.29, 0.717) is 11.3 Å². The average Bonchev–Trinajstić information content (AvgIpc) is 2.86. The molecule has 0 saturated carbocycles. The number of ether oxygens (including phenoxy) is 1. The predicted molar refractivity (Wildman–Crippen MR) is 99.2 cm³/mol. The number of rotatable bonds is 4. The highest BCUT2D eigenvalue weighted by Crippen LogP contribution is 2.34. The van der Waals surface area contributed by atoms with Crippen molar-refractivity contribution >= 4 is 0 Å². The van der Waals surface area contributed by atoms with Crippen LogP contribution in [0.5, 0.6) is 11.6 Å². The monoisotopic (exact) mass is 349 g/mol. The minimum absolute atomic E-state index is 0.126. The van der Waals surface area contributed by atoms with Crippen molar-refractivity contribution in [3.05, 3.63) is 64.2 Å². The van der Waals surface area contributed by atoms with E-state index in [0.717, 1.165) is 11.3 Å². The number of methoxy groups -OCH3 is 1. The fraction of sp³-hybridized carbons (Fsp3) is 0.200. The first-order chi connectivity index (χ1) is 12.6. The summed E-state index contributed by atoms with van der Waals surface area (Å²) in [6.07, 6.45) is 1.67. The molecule has 6 heteroatoms. The highest BCUT2D eigenvalue weighted by Gasteiger charge is 2.22. The fourth-order valence-electron chi connectivity index (χ4n) is 2.82. The molecular formula is C20H19N3O3. The first-order valence-corrected chi connectivity index (χ1v) is 8.06. The molecule has 2 aromatic heterocycles. The van der Waals surface area contributed by atoms with E-state index in [1.165, 1.54) is 16.5 Å². The van der Waals surface area contributed by atoms with E-state index in [4.69, 9.17) is 4.74 Å². The van der Waals surface area contributed by atoms with Gasteiger partial charge in [-0.3, -0.25) is 14.5 Å². The van der Waals surface area contributed by atoms with E-state index in [9.17, 15) is 9.90 Å². The molecular weight excluding hydrogens is 330 g/mol. The minimum Gasteiger partial charge on any atom is -0.496 e. The summed E-state index contributed by atoms with van der Waals surface area (Å²) in [6, 6.07) is 10.8. The van der Waals surface area contributed by atoms with Gasteiger partial charge in [-0.2, -0.15) is 0 Å². The van der Waals surface area contributed by atoms with Crippen LogP contribution in [0, 0.1) is 11.8 Å². The van der Waals surface area contributed by atoms with E-state index in [1.54, 1.807) is 38.4 Å². The summed E-state index contributed by atoms with van der Waals surface area (Å²) in [5, 5.41) is 10.6. The van der Waals surface area contributed by atoms with Gasteiger partial charge in [0.15, 0.2) is 0 Å². The van der Waals surface area contributed by atoms with Gasteiger partial charge in [0, 0.05) is 24.4 Å². The Kier molecular flexibility index (Phi) is 4.81. The van der Waals surface area contributed by atoms with Crippen LogP contribution < -0.4 is 10.3 Å². The summed E-state index contributed by atoms with van der Waals surface area (Å²) in [7, 11) is 3.15. The Hall–Kier alpha value is -3.46. The Morgan fingerprint density at radius 3 is 2.73 bits per heavy atom. The Morgan fingerprint density at radius 1 is 1.27 bits per heavy atom. The van der Waals surface area contributed by atoms with Gasteiger partial charge in [-0.15, -0.1) is 5.92 Å². The van der Waals surface area contributed by atoms with Crippen LogP contribution in [-0.4, -0.2) is 26.6 Å². The third-order valence-corrected chi connectivity index (χ3v) is 4.12. The number of benzene rings is 1. The quantitative estimate of drug-likeness (QED) is 0.734. The lowest BCUT2D eigenvalue weighted by Gasteiger charge is -2.07. The molecule has 3 rings (SSSR count). The van der Waals surface area contributed by atoms with Crippen molar-refractivity contribution in [3.8, 4) is 34.6 Å². The van der Waals surface area contributed by atoms with Gasteiger partial charge in [0.25, 0.3) is 5.56 Å². The van der Waals surface area contributed by atoms with Gasteiger partial charge in [0.1, 0.15) is 11.3 Å². The highest BCUT2D eigenvalue weighted by atomic mass is 16.5. The zero-order valence-electron chi connectivity index (χ0n) is 14.9. The van der Waals surface area contributed by atoms with Crippen molar-refractivity contribution in [2.75, 3.05) is 7.11 Å². The van der Waals surface area contributed by atoms with Gasteiger partial charge in [-0.25, -0.2) is 4.68 Å². The summed E-state index contributed by atoms with van der Waals surface area (Å²) in [6.45, 7) is 2.01. The first-order valence-electron chi connectivity index (χ1n) is 8.06. The molecule has 3 aromatic rings. The average molecular weight is 349 g/mol. The van der Waals surface area contributed by atoms with E-state index in [2.05, 4.69) is 16.8 Å². The van der Waals surface area contributed by atoms with E-state index < -0.39 is 0 Å². The third kappa shape index (κ3) is 3.07. The van der Waals surface area contributed by atoms with Gasteiger partial charge in [0.2, 0.25) is 5.88 Å². The molecule has 0 aliphatic carbocycles. The number of hydrogen-bond acceptors (Lipinski definition) is 4. The first kappa shape index (κ1) is 17.4. The van der Waals surface area contributed by atoms with Crippen LogP contribution >= 0.6 is 0 Å². The molecule has 1 N–H and O–H groups in total. The summed E-state index contributed by atoms with van der Waals surface area (Å²) in [4.78, 5) is 17.2. The third-order valence-electron chi connectivity index (χ3n) is 4.12. The molecule has 0 saturated heterocycles. The number of hydrogen-bond donors (Lipinski definition) is 1. The lowest BCUT2D eigenvalue weighted by atomic mass is 10.0. The highest BCUT2D eigenvalue weighted by molar-refractivity contribution is 5.75. The largest absolute Gasteiger partial charge is 0.496 e. The van der Waals surface area contributed by atoms with Crippen molar-refractivity contribution in [1.29, 1.82) is 0 Å². The van der Waals surface area contributed by atoms with Crippen LogP contribution in [0.4, 0.5) is 0 Å². The maximum atomic E-state index is 13.0. The summed E-state index contributed by atoms with van der Waals surface area (Å²) < 4.78 is 8.27. The second-order valence-corrected chi connectivity index (χ2v) is 5.70. The van der Waals surface area contributed by atoms with Crippen molar-refractivity contribution in [2.45, 2.75) is 13.5 Å². The number of nitrogens with zero attached hydrogens (tertiary/aromatic N) is 3. The topological polar surface area (TPSA) is 69.3 Å². The van der Waals surface area contributed by atoms with E-state index in [1.807, 2.05) is 18.2 Å². The normalized spacial score (nSPS) is 10.3. The molecule has 0 bridgehead atoms. The zero-order valence-corrected chi connectivity index (χ0v) is 14.9. The molecule has 0 fully saturated rings. The fourth-order valence-corrected chi connectivity index (χ4v) is 2.82. The van der Waals surface area contributed by atoms with Gasteiger partial charge in [0.05, 0.1) is 19.3 Å². The Balaban J connectivity index is 2.13. The van der Waals surface area contributed by atoms with Crippen LogP contribution in [0.25, 0.3) is 11.1 Å². The van der Waals surface area contributed by atoms with Gasteiger partial charge in [-0.05, 0) is 37.3 Å². The van der Waals surface area contributed by atoms with Crippen LogP contribution in [0.3, 0.4) is 0 Å². The number of pyridine rings is 1. The smallest absolute Gasteiger partial charge is 0.279 e. The molecule has 26 heavy (non-hydrogen) atoms. The standard InChI is InChI=1S/C20H19N3O3/c1-4-7-14-9-10-16(17(12-14)26-3)18-19(24)22(2)23(20(18)25)13-15-8-5-6-11-21-15/h5-6,8-12,24H,13H2,1-3H3. The van der Waals surface area contributed by atoms with Crippen LogP contribution in [-0.2, 0) is 13.6 Å². The molecule has 2 heterocycles. The summed E-state index contributed by atoms with van der Waals surface area (Å²) >= 11 is 0. The Labute approximate surface area is 151 Å². The van der Waals surface area contributed by atoms with Crippen molar-refractivity contribution < 1.29 is 9.84 Å². The van der Waals surface area contributed by atoms with Gasteiger partial charge < -0.3 is 9.84 Å². The van der Waals surface area contributed by atoms with Crippen molar-refractivity contribution in [1.82, 2.24) is 14.3 Å². The molecule has 0 aliphatic rings. The second-order valence-electron chi connectivity index (χ2n) is 5.70. The molecule has 0 radical (unpaired) electrons. The van der Waals surface area contributed by atoms with E-state index >= 15 is 0 Å². The minimum atomic E-state index is -0.316. The van der Waals surface area contributed by atoms with Crippen molar-refractivity contribution in [3.63, 3.8) is 0 Å². The maximum Gasteiger partial charge on any atom is 0.279 e. The summed E-state index contributed by atoms with van der Waals surface area (Å²) in [5.74, 6) is 6.13. The molecule has 1 aromatic carbocycles. The molecule has 0 unspecified atom stereocenters. The zero-order chi connectivity index (χ0) is 18.7. The lowest BCUT2D eigenvalue weighted by Crippen LogP contribution is -2.23. The predicted octanol–water partition coefficient (Wildman–Crippen LogP) is 2.38. The van der Waals surface area contributed by atoms with Crippen LogP contribution in [0.1, 0.15) is 18.2 Å². The summed E-state index contributed by atoms with van der Waals surface area (Å²) in [5.41, 5.74) is 1.89. The maximum absolute atomic E-state index is 13.0. The van der Waals surface area contributed by atoms with E-state index in [-0.39, 0.29) is 23.5 Å². The Bertz CT molecular complexity index is 1050. The Morgan fingerprint density at radius 2 is 2.08 bits per heavy atom. The van der Waals surface area contributed by atoms with Gasteiger partial charge in [-0.1, -0.05) is 12.0 Å². The molecule has 6 nitrogen and oxygen atoms in total. The molecule has 0 atom stereocenters. The van der Waals surface area contributed by atoms with Crippen molar-refractivity contribution in [2.24, 2.45) is 7.05 Å².